The van der Waals surface area contributed by atoms with E-state index in [0.29, 0.717) is 23.5 Å². The van der Waals surface area contributed by atoms with E-state index in [4.69, 9.17) is 17.3 Å². The number of benzene rings is 2. The van der Waals surface area contributed by atoms with Gasteiger partial charge in [0.2, 0.25) is 11.2 Å². The maximum absolute atomic E-state index is 11.5. The first-order chi connectivity index (χ1) is 17.8. The van der Waals surface area contributed by atoms with Crippen molar-refractivity contribution in [1.82, 2.24) is 19.5 Å². The van der Waals surface area contributed by atoms with Gasteiger partial charge >= 0.3 is 0 Å². The Kier molecular flexibility index (Phi) is 7.07. The van der Waals surface area contributed by atoms with Gasteiger partial charge in [0.15, 0.2) is 17.0 Å². The second-order valence-corrected chi connectivity index (χ2v) is 9.55. The minimum absolute atomic E-state index is 0.0190. The van der Waals surface area contributed by atoms with Crippen molar-refractivity contribution in [3.05, 3.63) is 83.4 Å². The molecule has 4 aromatic rings. The third kappa shape index (κ3) is 4.88. The van der Waals surface area contributed by atoms with E-state index in [1.54, 1.807) is 4.57 Å². The highest BCUT2D eigenvalue weighted by molar-refractivity contribution is 6.28. The molecule has 2 aromatic carbocycles. The van der Waals surface area contributed by atoms with Crippen LogP contribution in [0, 0.1) is 5.92 Å². The first-order valence-corrected chi connectivity index (χ1v) is 12.3. The number of imidazole rings is 1. The number of primary amides is 1. The Balaban J connectivity index is 1.45. The van der Waals surface area contributed by atoms with Crippen molar-refractivity contribution in [2.75, 3.05) is 11.9 Å². The number of carbonyl (C=O) groups excluding carboxylic acids is 1. The Bertz CT molecular complexity index is 1350. The van der Waals surface area contributed by atoms with Crippen LogP contribution in [-0.2, 0) is 4.79 Å². The lowest BCUT2D eigenvalue weighted by molar-refractivity contribution is -0.131. The number of carbonyl (C=O) groups is 1. The van der Waals surface area contributed by atoms with Crippen LogP contribution >= 0.6 is 11.6 Å². The third-order valence-electron chi connectivity index (χ3n) is 7.02. The van der Waals surface area contributed by atoms with Crippen molar-refractivity contribution >= 4 is 34.5 Å². The maximum atomic E-state index is 11.5. The third-order valence-corrected chi connectivity index (χ3v) is 7.19. The number of hydrogen-bond donors (Lipinski definition) is 5. The summed E-state index contributed by atoms with van der Waals surface area (Å²) in [6.45, 7) is 0.501. The molecule has 1 unspecified atom stereocenters. The van der Waals surface area contributed by atoms with Gasteiger partial charge in [0.25, 0.3) is 0 Å². The van der Waals surface area contributed by atoms with E-state index in [1.807, 2.05) is 36.4 Å². The van der Waals surface area contributed by atoms with Crippen molar-refractivity contribution in [2.45, 2.75) is 36.7 Å². The van der Waals surface area contributed by atoms with Crippen LogP contribution in [0.4, 0.5) is 5.82 Å². The van der Waals surface area contributed by atoms with Gasteiger partial charge in [-0.15, -0.1) is 0 Å². The van der Waals surface area contributed by atoms with Crippen molar-refractivity contribution in [1.29, 1.82) is 0 Å². The molecule has 1 aliphatic rings. The van der Waals surface area contributed by atoms with Crippen LogP contribution in [0.25, 0.3) is 11.2 Å². The van der Waals surface area contributed by atoms with E-state index in [2.05, 4.69) is 44.5 Å². The fourth-order valence-corrected chi connectivity index (χ4v) is 5.26. The number of aliphatic hydroxyl groups is 3. The summed E-state index contributed by atoms with van der Waals surface area (Å²) in [7, 11) is 0. The number of rotatable bonds is 8. The minimum Gasteiger partial charge on any atom is -0.390 e. The van der Waals surface area contributed by atoms with Gasteiger partial charge in [0, 0.05) is 18.4 Å². The number of nitrogens with one attached hydrogen (secondary N) is 1. The number of halogens is 1. The van der Waals surface area contributed by atoms with Crippen LogP contribution in [0.1, 0.15) is 29.5 Å². The van der Waals surface area contributed by atoms with E-state index in [9.17, 15) is 20.1 Å². The average Bonchev–Trinajstić information content (AvgIpc) is 3.45. The van der Waals surface area contributed by atoms with Gasteiger partial charge in [-0.2, -0.15) is 9.97 Å². The molecule has 1 saturated carbocycles. The number of hydrogen-bond acceptors (Lipinski definition) is 8. The number of nitrogens with two attached hydrogens (primary N) is 1. The highest BCUT2D eigenvalue weighted by atomic mass is 35.5. The standard InChI is InChI=1S/C26H27ClN6O4/c27-26-31-24(29-12-17(14-7-3-1-4-8-14)15-9-5-2-6-10-15)19-25(32-26)33(13-30-19)18-11-16(20(34)22(18)36)21(35)23(28)37/h1-10,13,16-18,20-22,34-36H,11-12H2,(H2,28,37)(H,29,31,32)/t16-,18+,20+,21?,22-/m0/s1. The number of aliphatic hydroxyl groups excluding tert-OH is 3. The summed E-state index contributed by atoms with van der Waals surface area (Å²) in [5.74, 6) is -1.44. The van der Waals surface area contributed by atoms with E-state index in [1.165, 1.54) is 6.33 Å². The predicted molar refractivity (Wildman–Crippen MR) is 138 cm³/mol. The van der Waals surface area contributed by atoms with Gasteiger partial charge in [-0.3, -0.25) is 4.79 Å². The predicted octanol–water partition coefficient (Wildman–Crippen LogP) is 1.85. The number of amides is 1. The molecule has 11 heteroatoms. The van der Waals surface area contributed by atoms with Crippen LogP contribution < -0.4 is 11.1 Å². The molecular weight excluding hydrogens is 496 g/mol. The molecule has 0 saturated heterocycles. The molecule has 0 aliphatic heterocycles. The van der Waals surface area contributed by atoms with Gasteiger partial charge in [0.1, 0.15) is 12.2 Å². The number of aromatic nitrogens is 4. The Labute approximate surface area is 217 Å². The smallest absolute Gasteiger partial charge is 0.246 e. The fourth-order valence-electron chi connectivity index (χ4n) is 5.10. The maximum Gasteiger partial charge on any atom is 0.246 e. The highest BCUT2D eigenvalue weighted by Gasteiger charge is 2.47. The van der Waals surface area contributed by atoms with E-state index >= 15 is 0 Å². The lowest BCUT2D eigenvalue weighted by atomic mass is 9.91. The van der Waals surface area contributed by atoms with Gasteiger partial charge < -0.3 is 30.9 Å². The molecule has 1 aliphatic carbocycles. The normalized spacial score (nSPS) is 22.4. The van der Waals surface area contributed by atoms with Crippen LogP contribution in [0.2, 0.25) is 5.28 Å². The molecule has 0 bridgehead atoms. The fraction of sp³-hybridized carbons (Fsp3) is 0.308. The molecular formula is C26H27ClN6O4. The molecule has 1 amide bonds. The topological polar surface area (TPSA) is 159 Å². The first-order valence-electron chi connectivity index (χ1n) is 11.9. The van der Waals surface area contributed by atoms with E-state index in [-0.39, 0.29) is 17.6 Å². The summed E-state index contributed by atoms with van der Waals surface area (Å²) < 4.78 is 1.58. The SMILES string of the molecule is NC(=O)C(O)[C@H]1C[C@@H](n2cnc3c(NCC(c4ccccc4)c4ccccc4)nc(Cl)nc32)[C@H](O)[C@@H]1O. The first kappa shape index (κ1) is 25.1. The number of anilines is 1. The zero-order valence-electron chi connectivity index (χ0n) is 19.7. The molecule has 0 spiro atoms. The van der Waals surface area contributed by atoms with Crippen LogP contribution in [0.15, 0.2) is 67.0 Å². The van der Waals surface area contributed by atoms with Gasteiger partial charge in [-0.1, -0.05) is 60.7 Å². The Morgan fingerprint density at radius 3 is 2.27 bits per heavy atom. The second kappa shape index (κ2) is 10.4. The van der Waals surface area contributed by atoms with Gasteiger partial charge in [-0.05, 0) is 29.1 Å². The molecule has 5 atom stereocenters. The molecule has 5 rings (SSSR count). The summed E-state index contributed by atoms with van der Waals surface area (Å²) in [6.07, 6.45) is -2.65. The average molecular weight is 523 g/mol. The molecule has 10 nitrogen and oxygen atoms in total. The van der Waals surface area contributed by atoms with Crippen LogP contribution in [0.3, 0.4) is 0 Å². The van der Waals surface area contributed by atoms with Crippen molar-refractivity contribution < 1.29 is 20.1 Å². The minimum atomic E-state index is -1.59. The lowest BCUT2D eigenvalue weighted by Gasteiger charge is -2.20. The highest BCUT2D eigenvalue weighted by Crippen LogP contribution is 2.39. The van der Waals surface area contributed by atoms with E-state index < -0.39 is 36.2 Å². The zero-order chi connectivity index (χ0) is 26.1. The second-order valence-electron chi connectivity index (χ2n) is 9.22. The largest absolute Gasteiger partial charge is 0.390 e. The summed E-state index contributed by atoms with van der Waals surface area (Å²) in [5.41, 5.74) is 8.26. The lowest BCUT2D eigenvalue weighted by Crippen LogP contribution is -2.41. The van der Waals surface area contributed by atoms with Crippen LogP contribution in [-0.4, -0.2) is 65.6 Å². The molecule has 1 fully saturated rings. The van der Waals surface area contributed by atoms with E-state index in [0.717, 1.165) is 11.1 Å². The quantitative estimate of drug-likeness (QED) is 0.219. The number of nitrogens with zero attached hydrogens (tertiary/aromatic N) is 4. The van der Waals surface area contributed by atoms with Gasteiger partial charge in [0.05, 0.1) is 18.5 Å². The zero-order valence-corrected chi connectivity index (χ0v) is 20.5. The summed E-state index contributed by atoms with van der Waals surface area (Å²) in [5, 5.41) is 34.6. The molecule has 6 N–H and O–H groups in total. The van der Waals surface area contributed by atoms with Crippen molar-refractivity contribution in [3.8, 4) is 0 Å². The monoisotopic (exact) mass is 522 g/mol. The van der Waals surface area contributed by atoms with Crippen LogP contribution in [0.5, 0.6) is 0 Å². The Morgan fingerprint density at radius 1 is 1.05 bits per heavy atom. The number of fused-ring (bicyclic) bond motifs is 1. The molecule has 37 heavy (non-hydrogen) atoms. The summed E-state index contributed by atoms with van der Waals surface area (Å²) >= 11 is 6.28. The van der Waals surface area contributed by atoms with Crippen molar-refractivity contribution in [3.63, 3.8) is 0 Å². The summed E-state index contributed by atoms with van der Waals surface area (Å²) in [4.78, 5) is 24.6. The molecule has 0 radical (unpaired) electrons. The molecule has 2 aromatic heterocycles. The molecule has 192 valence electrons. The Hall–Kier alpha value is -3.57. The molecule has 2 heterocycles. The summed E-state index contributed by atoms with van der Waals surface area (Å²) in [6, 6.07) is 19.5. The van der Waals surface area contributed by atoms with Crippen molar-refractivity contribution in [2.24, 2.45) is 11.7 Å². The van der Waals surface area contributed by atoms with Gasteiger partial charge in [-0.25, -0.2) is 4.98 Å². The Morgan fingerprint density at radius 2 is 1.68 bits per heavy atom.